The zero-order valence-corrected chi connectivity index (χ0v) is 10.8. The molecule has 0 aliphatic carbocycles. The second-order valence-electron chi connectivity index (χ2n) is 4.94. The number of likely N-dealkylation sites (tertiary alicyclic amines) is 1. The summed E-state index contributed by atoms with van der Waals surface area (Å²) in [6.07, 6.45) is 4.02. The number of nitrogens with zero attached hydrogens (tertiary/aromatic N) is 2. The Morgan fingerprint density at radius 3 is 2.75 bits per heavy atom. The minimum atomic E-state index is -0.291. The molecule has 1 heterocycles. The normalized spacial score (nSPS) is 22.8. The number of unbranched alkanes of at least 4 members (excludes halogenated alkanes) is 1. The molecular formula is C12H25N3O. The van der Waals surface area contributed by atoms with E-state index in [9.17, 15) is 4.79 Å². The van der Waals surface area contributed by atoms with Gasteiger partial charge in [0.05, 0.1) is 6.04 Å². The lowest BCUT2D eigenvalue weighted by Gasteiger charge is -2.22. The molecule has 0 spiro atoms. The summed E-state index contributed by atoms with van der Waals surface area (Å²) in [7, 11) is 4.13. The molecule has 0 aromatic rings. The monoisotopic (exact) mass is 227 g/mol. The first-order valence-corrected chi connectivity index (χ1v) is 6.27. The van der Waals surface area contributed by atoms with Crippen LogP contribution in [0, 0.1) is 0 Å². The van der Waals surface area contributed by atoms with Crippen LogP contribution < -0.4 is 5.73 Å². The molecule has 2 atom stereocenters. The molecule has 1 saturated heterocycles. The first-order chi connectivity index (χ1) is 7.56. The zero-order valence-electron chi connectivity index (χ0n) is 10.8. The molecule has 94 valence electrons. The molecule has 16 heavy (non-hydrogen) atoms. The van der Waals surface area contributed by atoms with Crippen molar-refractivity contribution in [2.75, 3.05) is 27.2 Å². The Labute approximate surface area is 98.8 Å². The quantitative estimate of drug-likeness (QED) is 0.751. The van der Waals surface area contributed by atoms with Crippen LogP contribution in [0.2, 0.25) is 0 Å². The third kappa shape index (κ3) is 3.46. The number of nitrogens with two attached hydrogens (primary N) is 1. The standard InChI is InChI=1S/C12H25N3O/c1-4-5-6-11(13)12(16)15-8-7-10(9-15)14(2)3/h10-11H,4-9,13H2,1-3H3. The minimum Gasteiger partial charge on any atom is -0.340 e. The highest BCUT2D eigenvalue weighted by molar-refractivity contribution is 5.81. The Morgan fingerprint density at radius 2 is 2.25 bits per heavy atom. The molecule has 1 aliphatic rings. The summed E-state index contributed by atoms with van der Waals surface area (Å²) in [6.45, 7) is 3.82. The Morgan fingerprint density at radius 1 is 1.56 bits per heavy atom. The molecule has 2 N–H and O–H groups in total. The smallest absolute Gasteiger partial charge is 0.239 e. The molecule has 1 aliphatic heterocycles. The summed E-state index contributed by atoms with van der Waals surface area (Å²) in [5.41, 5.74) is 5.90. The predicted octanol–water partition coefficient (Wildman–Crippen LogP) is 0.666. The van der Waals surface area contributed by atoms with E-state index in [0.717, 1.165) is 38.8 Å². The van der Waals surface area contributed by atoms with E-state index < -0.39 is 0 Å². The third-order valence-corrected chi connectivity index (χ3v) is 3.39. The van der Waals surface area contributed by atoms with Crippen LogP contribution in [0.4, 0.5) is 0 Å². The fraction of sp³-hybridized carbons (Fsp3) is 0.917. The van der Waals surface area contributed by atoms with Gasteiger partial charge in [0.15, 0.2) is 0 Å². The van der Waals surface area contributed by atoms with Crippen LogP contribution in [0.25, 0.3) is 0 Å². The highest BCUT2D eigenvalue weighted by Crippen LogP contribution is 2.15. The first-order valence-electron chi connectivity index (χ1n) is 6.27. The lowest BCUT2D eigenvalue weighted by molar-refractivity contribution is -0.131. The average molecular weight is 227 g/mol. The summed E-state index contributed by atoms with van der Waals surface area (Å²) in [5, 5.41) is 0. The van der Waals surface area contributed by atoms with Gasteiger partial charge in [-0.2, -0.15) is 0 Å². The van der Waals surface area contributed by atoms with Gasteiger partial charge >= 0.3 is 0 Å². The number of hydrogen-bond acceptors (Lipinski definition) is 3. The summed E-state index contributed by atoms with van der Waals surface area (Å²) in [6, 6.07) is 0.211. The van der Waals surface area contributed by atoms with E-state index in [1.54, 1.807) is 0 Å². The Kier molecular flexibility index (Phi) is 5.22. The van der Waals surface area contributed by atoms with Gasteiger partial charge in [0.2, 0.25) is 5.91 Å². The number of hydrogen-bond donors (Lipinski definition) is 1. The maximum atomic E-state index is 12.0. The fourth-order valence-corrected chi connectivity index (χ4v) is 2.15. The molecule has 1 fully saturated rings. The molecule has 1 amide bonds. The molecule has 0 aromatic carbocycles. The molecule has 2 unspecified atom stereocenters. The second-order valence-corrected chi connectivity index (χ2v) is 4.94. The largest absolute Gasteiger partial charge is 0.340 e. The molecule has 4 heteroatoms. The van der Waals surface area contributed by atoms with Crippen LogP contribution in [0.1, 0.15) is 32.6 Å². The Balaban J connectivity index is 2.38. The van der Waals surface area contributed by atoms with Gasteiger partial charge in [0, 0.05) is 19.1 Å². The van der Waals surface area contributed by atoms with E-state index in [4.69, 9.17) is 5.73 Å². The van der Waals surface area contributed by atoms with Gasteiger partial charge in [-0.05, 0) is 26.9 Å². The van der Waals surface area contributed by atoms with Crippen molar-refractivity contribution in [3.63, 3.8) is 0 Å². The van der Waals surface area contributed by atoms with Gasteiger partial charge in [-0.25, -0.2) is 0 Å². The second kappa shape index (κ2) is 6.21. The van der Waals surface area contributed by atoms with Crippen molar-refractivity contribution in [2.24, 2.45) is 5.73 Å². The van der Waals surface area contributed by atoms with Crippen molar-refractivity contribution in [1.82, 2.24) is 9.80 Å². The fourth-order valence-electron chi connectivity index (χ4n) is 2.15. The molecule has 0 aromatic heterocycles. The van der Waals surface area contributed by atoms with Gasteiger partial charge in [0.1, 0.15) is 0 Å². The molecule has 0 bridgehead atoms. The number of carbonyl (C=O) groups excluding carboxylic acids is 1. The first kappa shape index (κ1) is 13.5. The number of carbonyl (C=O) groups is 1. The molecule has 0 saturated carbocycles. The lowest BCUT2D eigenvalue weighted by Crippen LogP contribution is -2.43. The van der Waals surface area contributed by atoms with E-state index in [1.807, 2.05) is 4.90 Å². The summed E-state index contributed by atoms with van der Waals surface area (Å²) >= 11 is 0. The van der Waals surface area contributed by atoms with Crippen molar-refractivity contribution in [2.45, 2.75) is 44.7 Å². The van der Waals surface area contributed by atoms with Crippen LogP contribution in [0.5, 0.6) is 0 Å². The average Bonchev–Trinajstić information content (AvgIpc) is 2.74. The number of amides is 1. The Bertz CT molecular complexity index is 230. The van der Waals surface area contributed by atoms with Crippen LogP contribution in [0.3, 0.4) is 0 Å². The van der Waals surface area contributed by atoms with Crippen molar-refractivity contribution in [1.29, 1.82) is 0 Å². The summed E-state index contributed by atoms with van der Waals surface area (Å²) in [5.74, 6) is 0.137. The van der Waals surface area contributed by atoms with Crippen LogP contribution in [-0.2, 0) is 4.79 Å². The topological polar surface area (TPSA) is 49.6 Å². The van der Waals surface area contributed by atoms with E-state index in [0.29, 0.717) is 6.04 Å². The van der Waals surface area contributed by atoms with E-state index in [2.05, 4.69) is 25.9 Å². The predicted molar refractivity (Wildman–Crippen MR) is 66.2 cm³/mol. The van der Waals surface area contributed by atoms with Crippen molar-refractivity contribution in [3.8, 4) is 0 Å². The SMILES string of the molecule is CCCCC(N)C(=O)N1CCC(N(C)C)C1. The van der Waals surface area contributed by atoms with Gasteiger partial charge in [0.25, 0.3) is 0 Å². The summed E-state index contributed by atoms with van der Waals surface area (Å²) in [4.78, 5) is 16.1. The molecule has 1 rings (SSSR count). The number of likely N-dealkylation sites (N-methyl/N-ethyl adjacent to an activating group) is 1. The third-order valence-electron chi connectivity index (χ3n) is 3.39. The van der Waals surface area contributed by atoms with E-state index in [1.165, 1.54) is 0 Å². The van der Waals surface area contributed by atoms with Gasteiger partial charge in [-0.1, -0.05) is 19.8 Å². The van der Waals surface area contributed by atoms with Crippen LogP contribution >= 0.6 is 0 Å². The van der Waals surface area contributed by atoms with E-state index in [-0.39, 0.29) is 11.9 Å². The highest BCUT2D eigenvalue weighted by Gasteiger charge is 2.29. The molecule has 0 radical (unpaired) electrons. The van der Waals surface area contributed by atoms with Gasteiger partial charge in [-0.15, -0.1) is 0 Å². The van der Waals surface area contributed by atoms with Crippen LogP contribution in [-0.4, -0.2) is 55.0 Å². The van der Waals surface area contributed by atoms with Crippen molar-refractivity contribution in [3.05, 3.63) is 0 Å². The minimum absolute atomic E-state index is 0.137. The van der Waals surface area contributed by atoms with Crippen molar-refractivity contribution >= 4 is 5.91 Å². The van der Waals surface area contributed by atoms with Crippen LogP contribution in [0.15, 0.2) is 0 Å². The molecular weight excluding hydrogens is 202 g/mol. The maximum absolute atomic E-state index is 12.0. The highest BCUT2D eigenvalue weighted by atomic mass is 16.2. The maximum Gasteiger partial charge on any atom is 0.239 e. The van der Waals surface area contributed by atoms with Gasteiger partial charge < -0.3 is 15.5 Å². The molecule has 4 nitrogen and oxygen atoms in total. The number of rotatable bonds is 5. The van der Waals surface area contributed by atoms with E-state index >= 15 is 0 Å². The zero-order chi connectivity index (χ0) is 12.1. The Hall–Kier alpha value is -0.610. The van der Waals surface area contributed by atoms with Gasteiger partial charge in [-0.3, -0.25) is 4.79 Å². The van der Waals surface area contributed by atoms with Crippen molar-refractivity contribution < 1.29 is 4.79 Å². The lowest BCUT2D eigenvalue weighted by atomic mass is 10.1. The summed E-state index contributed by atoms with van der Waals surface area (Å²) < 4.78 is 0.